The number of halogens is 3. The Morgan fingerprint density at radius 1 is 1.11 bits per heavy atom. The number of nitrogens with two attached hydrogens (primary N) is 1. The number of aromatic nitrogens is 1. The highest BCUT2D eigenvalue weighted by Gasteiger charge is 2.30. The first kappa shape index (κ1) is 12.5. The first-order valence-corrected chi connectivity index (χ1v) is 5.55. The molecule has 2 N–H and O–H groups in total. The first-order chi connectivity index (χ1) is 8.43. The van der Waals surface area contributed by atoms with Crippen LogP contribution < -0.4 is 5.73 Å². The summed E-state index contributed by atoms with van der Waals surface area (Å²) in [6.45, 7) is 2.68. The van der Waals surface area contributed by atoms with Gasteiger partial charge in [0.15, 0.2) is 0 Å². The Morgan fingerprint density at radius 2 is 1.72 bits per heavy atom. The SMILES string of the molecule is CCn1ccc(-c2ccc(C(F)(F)F)cc2)c1N. The molecule has 2 rings (SSSR count). The highest BCUT2D eigenvalue weighted by molar-refractivity contribution is 5.74. The lowest BCUT2D eigenvalue weighted by atomic mass is 10.1. The van der Waals surface area contributed by atoms with Crippen molar-refractivity contribution >= 4 is 5.82 Å². The molecule has 1 heterocycles. The van der Waals surface area contributed by atoms with Gasteiger partial charge < -0.3 is 10.3 Å². The van der Waals surface area contributed by atoms with Crippen molar-refractivity contribution in [3.8, 4) is 11.1 Å². The van der Waals surface area contributed by atoms with E-state index in [9.17, 15) is 13.2 Å². The van der Waals surface area contributed by atoms with Crippen molar-refractivity contribution in [3.05, 3.63) is 42.1 Å². The molecule has 0 bridgehead atoms. The van der Waals surface area contributed by atoms with Crippen LogP contribution in [0.5, 0.6) is 0 Å². The van der Waals surface area contributed by atoms with Gasteiger partial charge in [0.05, 0.1) is 5.56 Å². The highest BCUT2D eigenvalue weighted by atomic mass is 19.4. The molecule has 0 fully saturated rings. The fourth-order valence-electron chi connectivity index (χ4n) is 1.84. The Bertz CT molecular complexity index is 538. The first-order valence-electron chi connectivity index (χ1n) is 5.55. The minimum Gasteiger partial charge on any atom is -0.385 e. The predicted molar refractivity (Wildman–Crippen MR) is 65.0 cm³/mol. The maximum absolute atomic E-state index is 12.4. The van der Waals surface area contributed by atoms with Crippen LogP contribution in [-0.4, -0.2) is 4.57 Å². The molecule has 0 spiro atoms. The monoisotopic (exact) mass is 254 g/mol. The minimum atomic E-state index is -4.31. The van der Waals surface area contributed by atoms with Gasteiger partial charge in [0.25, 0.3) is 0 Å². The third-order valence-corrected chi connectivity index (χ3v) is 2.87. The summed E-state index contributed by atoms with van der Waals surface area (Å²) in [5.74, 6) is 0.567. The van der Waals surface area contributed by atoms with Crippen molar-refractivity contribution in [2.75, 3.05) is 5.73 Å². The van der Waals surface area contributed by atoms with E-state index < -0.39 is 11.7 Å². The van der Waals surface area contributed by atoms with Gasteiger partial charge in [-0.15, -0.1) is 0 Å². The molecule has 1 aromatic heterocycles. The zero-order valence-corrected chi connectivity index (χ0v) is 9.83. The third-order valence-electron chi connectivity index (χ3n) is 2.87. The van der Waals surface area contributed by atoms with E-state index in [-0.39, 0.29) is 0 Å². The van der Waals surface area contributed by atoms with Gasteiger partial charge >= 0.3 is 6.18 Å². The number of rotatable bonds is 2. The molecule has 18 heavy (non-hydrogen) atoms. The molecule has 96 valence electrons. The lowest BCUT2D eigenvalue weighted by Crippen LogP contribution is -2.04. The third kappa shape index (κ3) is 2.20. The van der Waals surface area contributed by atoms with Crippen molar-refractivity contribution in [2.24, 2.45) is 0 Å². The summed E-state index contributed by atoms with van der Waals surface area (Å²) in [7, 11) is 0. The normalized spacial score (nSPS) is 11.8. The Kier molecular flexibility index (Phi) is 3.07. The highest BCUT2D eigenvalue weighted by Crippen LogP contribution is 2.32. The van der Waals surface area contributed by atoms with Crippen LogP contribution in [0.15, 0.2) is 36.5 Å². The molecule has 0 unspecified atom stereocenters. The summed E-state index contributed by atoms with van der Waals surface area (Å²) < 4.78 is 39.1. The van der Waals surface area contributed by atoms with Gasteiger partial charge in [0.2, 0.25) is 0 Å². The molecule has 5 heteroatoms. The van der Waals surface area contributed by atoms with E-state index in [1.165, 1.54) is 12.1 Å². The molecule has 0 radical (unpaired) electrons. The van der Waals surface area contributed by atoms with Crippen LogP contribution in [0.4, 0.5) is 19.0 Å². The zero-order valence-electron chi connectivity index (χ0n) is 9.83. The van der Waals surface area contributed by atoms with Crippen LogP contribution in [0, 0.1) is 0 Å². The van der Waals surface area contributed by atoms with Gasteiger partial charge in [-0.05, 0) is 30.7 Å². The number of nitrogens with zero attached hydrogens (tertiary/aromatic N) is 1. The minimum absolute atomic E-state index is 0.567. The van der Waals surface area contributed by atoms with E-state index in [0.29, 0.717) is 11.4 Å². The van der Waals surface area contributed by atoms with Gasteiger partial charge in [-0.25, -0.2) is 0 Å². The molecule has 0 aliphatic heterocycles. The molecule has 0 atom stereocenters. The second-order valence-electron chi connectivity index (χ2n) is 3.98. The largest absolute Gasteiger partial charge is 0.416 e. The molecular weight excluding hydrogens is 241 g/mol. The Morgan fingerprint density at radius 3 is 2.17 bits per heavy atom. The molecule has 0 amide bonds. The average molecular weight is 254 g/mol. The van der Waals surface area contributed by atoms with E-state index >= 15 is 0 Å². The van der Waals surface area contributed by atoms with Gasteiger partial charge in [0.1, 0.15) is 5.82 Å². The number of aryl methyl sites for hydroxylation is 1. The molecule has 2 aromatic rings. The number of nitrogen functional groups attached to an aromatic ring is 1. The van der Waals surface area contributed by atoms with Gasteiger partial charge in [-0.3, -0.25) is 0 Å². The lowest BCUT2D eigenvalue weighted by molar-refractivity contribution is -0.137. The summed E-state index contributed by atoms with van der Waals surface area (Å²) in [6, 6.07) is 6.82. The number of anilines is 1. The second-order valence-corrected chi connectivity index (χ2v) is 3.98. The van der Waals surface area contributed by atoms with Gasteiger partial charge in [-0.2, -0.15) is 13.2 Å². The van der Waals surface area contributed by atoms with E-state index in [0.717, 1.165) is 24.2 Å². The standard InChI is InChI=1S/C13H13F3N2/c1-2-18-8-7-11(12(18)17)9-3-5-10(6-4-9)13(14,15)16/h3-8H,2,17H2,1H3. The zero-order chi connectivity index (χ0) is 13.3. The fourth-order valence-corrected chi connectivity index (χ4v) is 1.84. The molecule has 0 aliphatic carbocycles. The Hall–Kier alpha value is -1.91. The number of hydrogen-bond acceptors (Lipinski definition) is 1. The van der Waals surface area contributed by atoms with E-state index in [1.807, 2.05) is 17.7 Å². The topological polar surface area (TPSA) is 30.9 Å². The van der Waals surface area contributed by atoms with Crippen LogP contribution >= 0.6 is 0 Å². The van der Waals surface area contributed by atoms with Crippen molar-refractivity contribution in [1.82, 2.24) is 4.57 Å². The summed E-state index contributed by atoms with van der Waals surface area (Å²) >= 11 is 0. The van der Waals surface area contributed by atoms with Crippen LogP contribution in [0.3, 0.4) is 0 Å². The summed E-state index contributed by atoms with van der Waals surface area (Å²) in [5, 5.41) is 0. The quantitative estimate of drug-likeness (QED) is 0.868. The number of alkyl halides is 3. The molecule has 1 aromatic carbocycles. The predicted octanol–water partition coefficient (Wildman–Crippen LogP) is 3.78. The van der Waals surface area contributed by atoms with Crippen molar-refractivity contribution in [3.63, 3.8) is 0 Å². The van der Waals surface area contributed by atoms with Crippen LogP contribution in [0.2, 0.25) is 0 Å². The second kappa shape index (κ2) is 4.40. The summed E-state index contributed by atoms with van der Waals surface area (Å²) in [4.78, 5) is 0. The smallest absolute Gasteiger partial charge is 0.385 e. The average Bonchev–Trinajstić information content (AvgIpc) is 2.69. The lowest BCUT2D eigenvalue weighted by Gasteiger charge is -2.08. The molecule has 0 saturated heterocycles. The van der Waals surface area contributed by atoms with Crippen molar-refractivity contribution in [2.45, 2.75) is 19.6 Å². The maximum Gasteiger partial charge on any atom is 0.416 e. The molecule has 0 saturated carbocycles. The van der Waals surface area contributed by atoms with Crippen LogP contribution in [-0.2, 0) is 12.7 Å². The van der Waals surface area contributed by atoms with Crippen LogP contribution in [0.25, 0.3) is 11.1 Å². The maximum atomic E-state index is 12.4. The van der Waals surface area contributed by atoms with Crippen molar-refractivity contribution < 1.29 is 13.2 Å². The van der Waals surface area contributed by atoms with Crippen LogP contribution in [0.1, 0.15) is 12.5 Å². The summed E-state index contributed by atoms with van der Waals surface area (Å²) in [6.07, 6.45) is -2.48. The van der Waals surface area contributed by atoms with E-state index in [2.05, 4.69) is 0 Å². The van der Waals surface area contributed by atoms with E-state index in [4.69, 9.17) is 5.73 Å². The molecule has 0 aliphatic rings. The van der Waals surface area contributed by atoms with Crippen molar-refractivity contribution in [1.29, 1.82) is 0 Å². The molecule has 2 nitrogen and oxygen atoms in total. The molecular formula is C13H13F3N2. The Labute approximate surface area is 103 Å². The summed E-state index contributed by atoms with van der Waals surface area (Å²) in [5.41, 5.74) is 6.70. The van der Waals surface area contributed by atoms with E-state index in [1.54, 1.807) is 6.07 Å². The van der Waals surface area contributed by atoms with Gasteiger partial charge in [-0.1, -0.05) is 12.1 Å². The number of hydrogen-bond donors (Lipinski definition) is 1. The Balaban J connectivity index is 2.37. The fraction of sp³-hybridized carbons (Fsp3) is 0.231. The van der Waals surface area contributed by atoms with Gasteiger partial charge in [0, 0.05) is 18.3 Å². The number of benzene rings is 1.